The fourth-order valence-corrected chi connectivity index (χ4v) is 5.01. The second-order valence-electron chi connectivity index (χ2n) is 7.42. The average Bonchev–Trinajstić information content (AvgIpc) is 3.18. The van der Waals surface area contributed by atoms with E-state index in [4.69, 9.17) is 23.2 Å². The number of amides is 1. The van der Waals surface area contributed by atoms with Gasteiger partial charge in [0.15, 0.2) is 0 Å². The van der Waals surface area contributed by atoms with Crippen LogP contribution in [0.2, 0.25) is 10.0 Å². The van der Waals surface area contributed by atoms with Crippen LogP contribution in [0.1, 0.15) is 53.7 Å². The average molecular weight is 415 g/mol. The highest BCUT2D eigenvalue weighted by atomic mass is 35.5. The first-order valence-electron chi connectivity index (χ1n) is 9.84. The van der Waals surface area contributed by atoms with E-state index >= 15 is 0 Å². The molecule has 1 heterocycles. The van der Waals surface area contributed by atoms with Gasteiger partial charge < -0.3 is 10.2 Å². The van der Waals surface area contributed by atoms with Crippen molar-refractivity contribution in [3.05, 3.63) is 75.3 Å². The fourth-order valence-electron chi connectivity index (χ4n) is 4.48. The number of allylic oxidation sites excluding steroid dienone is 2. The first-order valence-corrected chi connectivity index (χ1v) is 10.6. The molecular formula is C23H24Cl2N2O. The third-order valence-corrected chi connectivity index (χ3v) is 6.52. The fraction of sp³-hybridized carbons (Fsp3) is 0.348. The van der Waals surface area contributed by atoms with Crippen molar-refractivity contribution in [3.63, 3.8) is 0 Å². The van der Waals surface area contributed by atoms with Gasteiger partial charge in [-0.1, -0.05) is 41.4 Å². The van der Waals surface area contributed by atoms with Gasteiger partial charge in [0.2, 0.25) is 0 Å². The Balaban J connectivity index is 1.72. The van der Waals surface area contributed by atoms with Crippen molar-refractivity contribution >= 4 is 34.8 Å². The van der Waals surface area contributed by atoms with Crippen molar-refractivity contribution in [3.8, 4) is 0 Å². The molecule has 0 bridgehead atoms. The van der Waals surface area contributed by atoms with E-state index in [1.54, 1.807) is 6.07 Å². The first-order chi connectivity index (χ1) is 13.5. The number of halogens is 2. The summed E-state index contributed by atoms with van der Waals surface area (Å²) in [5.41, 5.74) is 4.09. The van der Waals surface area contributed by atoms with Crippen LogP contribution in [-0.4, -0.2) is 23.9 Å². The summed E-state index contributed by atoms with van der Waals surface area (Å²) >= 11 is 12.6. The Labute approximate surface area is 176 Å². The summed E-state index contributed by atoms with van der Waals surface area (Å²) < 4.78 is 0. The van der Waals surface area contributed by atoms with Gasteiger partial charge >= 0.3 is 0 Å². The third-order valence-electron chi connectivity index (χ3n) is 5.96. The van der Waals surface area contributed by atoms with Crippen molar-refractivity contribution < 1.29 is 4.79 Å². The molecule has 0 saturated heterocycles. The van der Waals surface area contributed by atoms with Crippen LogP contribution in [0.15, 0.2) is 48.6 Å². The van der Waals surface area contributed by atoms with E-state index < -0.39 is 0 Å². The molecule has 5 heteroatoms. The summed E-state index contributed by atoms with van der Waals surface area (Å²) in [4.78, 5) is 14.7. The van der Waals surface area contributed by atoms with Crippen LogP contribution in [0, 0.1) is 5.92 Å². The van der Waals surface area contributed by atoms with Crippen molar-refractivity contribution in [2.75, 3.05) is 18.4 Å². The third kappa shape index (κ3) is 3.31. The van der Waals surface area contributed by atoms with Gasteiger partial charge in [-0.15, -0.1) is 0 Å². The molecule has 0 radical (unpaired) electrons. The number of rotatable bonds is 4. The van der Waals surface area contributed by atoms with Gasteiger partial charge in [-0.2, -0.15) is 0 Å². The number of hydrogen-bond donors (Lipinski definition) is 1. The van der Waals surface area contributed by atoms with Crippen molar-refractivity contribution in [1.29, 1.82) is 0 Å². The molecule has 3 nitrogen and oxygen atoms in total. The van der Waals surface area contributed by atoms with Gasteiger partial charge in [0.25, 0.3) is 5.91 Å². The highest BCUT2D eigenvalue weighted by Crippen LogP contribution is 2.51. The molecule has 0 unspecified atom stereocenters. The van der Waals surface area contributed by atoms with Gasteiger partial charge in [-0.3, -0.25) is 4.79 Å². The van der Waals surface area contributed by atoms with Crippen molar-refractivity contribution in [2.24, 2.45) is 5.92 Å². The molecule has 1 aliphatic carbocycles. The predicted molar refractivity (Wildman–Crippen MR) is 117 cm³/mol. The summed E-state index contributed by atoms with van der Waals surface area (Å²) in [5, 5.41) is 5.01. The lowest BCUT2D eigenvalue weighted by Crippen LogP contribution is -2.32. The number of carbonyl (C=O) groups excluding carboxylic acids is 1. The van der Waals surface area contributed by atoms with Crippen LogP contribution in [0.3, 0.4) is 0 Å². The van der Waals surface area contributed by atoms with E-state index in [0.29, 0.717) is 29.1 Å². The maximum atomic E-state index is 12.8. The maximum absolute atomic E-state index is 12.8. The Morgan fingerprint density at radius 1 is 1.11 bits per heavy atom. The number of hydrogen-bond acceptors (Lipinski definition) is 2. The Hall–Kier alpha value is -1.97. The number of nitrogens with one attached hydrogen (secondary N) is 1. The standard InChI is InChI=1S/C23H24Cl2N2O/c1-3-27(4-2)23(28)14-8-11-21-19(12-14)16-6-5-7-17(16)22(26-21)18-10-9-15(24)13-20(18)25/h5-6,8-13,16-17,22,26H,3-4,7H2,1-2H3/t16-,17-,22+/m0/s1. The molecule has 1 aliphatic heterocycles. The largest absolute Gasteiger partial charge is 0.378 e. The summed E-state index contributed by atoms with van der Waals surface area (Å²) in [6.45, 7) is 5.46. The molecule has 2 aromatic rings. The van der Waals surface area contributed by atoms with Crippen LogP contribution in [0.5, 0.6) is 0 Å². The Morgan fingerprint density at radius 2 is 1.89 bits per heavy atom. The smallest absolute Gasteiger partial charge is 0.253 e. The van der Waals surface area contributed by atoms with E-state index in [9.17, 15) is 4.79 Å². The van der Waals surface area contributed by atoms with Crippen LogP contribution in [-0.2, 0) is 0 Å². The lowest BCUT2D eigenvalue weighted by molar-refractivity contribution is 0.0773. The van der Waals surface area contributed by atoms with Gasteiger partial charge in [0, 0.05) is 40.3 Å². The summed E-state index contributed by atoms with van der Waals surface area (Å²) in [7, 11) is 0. The minimum Gasteiger partial charge on any atom is -0.378 e. The Bertz CT molecular complexity index is 936. The van der Waals surface area contributed by atoms with Gasteiger partial charge in [0.1, 0.15) is 0 Å². The molecule has 3 atom stereocenters. The van der Waals surface area contributed by atoms with Crippen LogP contribution in [0.4, 0.5) is 5.69 Å². The zero-order chi connectivity index (χ0) is 19.8. The molecule has 0 saturated carbocycles. The van der Waals surface area contributed by atoms with E-state index in [1.807, 2.05) is 43.0 Å². The molecular weight excluding hydrogens is 391 g/mol. The van der Waals surface area contributed by atoms with Gasteiger partial charge in [-0.25, -0.2) is 0 Å². The summed E-state index contributed by atoms with van der Waals surface area (Å²) in [6.07, 6.45) is 5.49. The van der Waals surface area contributed by atoms with E-state index in [1.165, 1.54) is 5.56 Å². The predicted octanol–water partition coefficient (Wildman–Crippen LogP) is 6.30. The molecule has 2 aliphatic rings. The lowest BCUT2D eigenvalue weighted by atomic mass is 9.76. The number of fused-ring (bicyclic) bond motifs is 3. The van der Waals surface area contributed by atoms with Crippen LogP contribution < -0.4 is 5.32 Å². The quantitative estimate of drug-likeness (QED) is 0.594. The topological polar surface area (TPSA) is 32.3 Å². The normalized spacial score (nSPS) is 22.4. The first kappa shape index (κ1) is 19.4. The molecule has 1 N–H and O–H groups in total. The molecule has 0 fully saturated rings. The number of carbonyl (C=O) groups is 1. The van der Waals surface area contributed by atoms with Gasteiger partial charge in [-0.05, 0) is 67.6 Å². The van der Waals surface area contributed by atoms with Crippen LogP contribution in [0.25, 0.3) is 0 Å². The zero-order valence-electron chi connectivity index (χ0n) is 16.1. The van der Waals surface area contributed by atoms with Crippen molar-refractivity contribution in [2.45, 2.75) is 32.2 Å². The van der Waals surface area contributed by atoms with E-state index in [0.717, 1.165) is 23.2 Å². The minimum atomic E-state index is 0.0918. The van der Waals surface area contributed by atoms with Crippen molar-refractivity contribution in [1.82, 2.24) is 4.90 Å². The zero-order valence-corrected chi connectivity index (χ0v) is 17.6. The van der Waals surface area contributed by atoms with Gasteiger partial charge in [0.05, 0.1) is 6.04 Å². The highest BCUT2D eigenvalue weighted by Gasteiger charge is 2.39. The molecule has 0 spiro atoms. The SMILES string of the molecule is CCN(CC)C(=O)c1ccc2c(c1)[C@H]1C=CC[C@@H]1[C@H](c1ccc(Cl)cc1Cl)N2. The Morgan fingerprint density at radius 3 is 2.61 bits per heavy atom. The number of nitrogens with zero attached hydrogens (tertiary/aromatic N) is 1. The molecule has 2 aromatic carbocycles. The maximum Gasteiger partial charge on any atom is 0.253 e. The molecule has 0 aromatic heterocycles. The van der Waals surface area contributed by atoms with E-state index in [-0.39, 0.29) is 17.9 Å². The van der Waals surface area contributed by atoms with Crippen LogP contribution >= 0.6 is 23.2 Å². The molecule has 28 heavy (non-hydrogen) atoms. The molecule has 4 rings (SSSR count). The minimum absolute atomic E-state index is 0.0918. The Kier molecular flexibility index (Phi) is 5.39. The summed E-state index contributed by atoms with van der Waals surface area (Å²) in [6, 6.07) is 11.8. The summed E-state index contributed by atoms with van der Waals surface area (Å²) in [5.74, 6) is 0.733. The highest BCUT2D eigenvalue weighted by molar-refractivity contribution is 6.35. The van der Waals surface area contributed by atoms with E-state index in [2.05, 4.69) is 23.5 Å². The monoisotopic (exact) mass is 414 g/mol. The molecule has 146 valence electrons. The molecule has 1 amide bonds. The second-order valence-corrected chi connectivity index (χ2v) is 8.26. The number of benzene rings is 2. The number of anilines is 1. The lowest BCUT2D eigenvalue weighted by Gasteiger charge is -2.38. The second kappa shape index (κ2) is 7.81.